The second-order valence-electron chi connectivity index (χ2n) is 18.8. The van der Waals surface area contributed by atoms with E-state index in [1.54, 1.807) is 0 Å². The van der Waals surface area contributed by atoms with E-state index in [0.717, 1.165) is 5.69 Å². The smallest absolute Gasteiger partial charge is 0.0620 e. The van der Waals surface area contributed by atoms with Gasteiger partial charge in [0.15, 0.2) is 0 Å². The lowest BCUT2D eigenvalue weighted by Crippen LogP contribution is -1.94. The van der Waals surface area contributed by atoms with Gasteiger partial charge in [-0.25, -0.2) is 0 Å². The fraction of sp³-hybridized carbons (Fsp3) is 0. The molecule has 0 unspecified atom stereocenters. The first-order chi connectivity index (χ1) is 34.2. The van der Waals surface area contributed by atoms with Crippen LogP contribution in [0.4, 0.5) is 0 Å². The highest BCUT2D eigenvalue weighted by Crippen LogP contribution is 2.44. The lowest BCUT2D eigenvalue weighted by molar-refractivity contribution is 1.18. The Bertz CT molecular complexity index is 4810. The zero-order chi connectivity index (χ0) is 44.9. The topological polar surface area (TPSA) is 14.3 Å². The van der Waals surface area contributed by atoms with Crippen molar-refractivity contribution in [1.82, 2.24) is 13.5 Å². The normalized spacial score (nSPS) is 12.3. The van der Waals surface area contributed by atoms with Gasteiger partial charge in [0.1, 0.15) is 0 Å². The average Bonchev–Trinajstić information content (AvgIpc) is 4.15. The fourth-order valence-corrected chi connectivity index (χ4v) is 12.3. The largest absolute Gasteiger partial charge is 0.309 e. The zero-order valence-corrected chi connectivity index (χ0v) is 37.4. The highest BCUT2D eigenvalue weighted by molar-refractivity contribution is 6.27. The summed E-state index contributed by atoms with van der Waals surface area (Å²) in [5.74, 6) is 0. The molecule has 0 spiro atoms. The third-order valence-electron chi connectivity index (χ3n) is 15.3. The maximum atomic E-state index is 2.48. The highest BCUT2D eigenvalue weighted by atomic mass is 15.0. The number of aromatic nitrogens is 3. The van der Waals surface area contributed by atoms with Crippen molar-refractivity contribution >= 4 is 114 Å². The molecule has 318 valence electrons. The van der Waals surface area contributed by atoms with Crippen molar-refractivity contribution in [2.75, 3.05) is 0 Å². The molecule has 0 aliphatic heterocycles. The van der Waals surface area contributed by atoms with E-state index in [2.05, 4.69) is 250 Å². The van der Waals surface area contributed by atoms with Crippen LogP contribution in [0.1, 0.15) is 0 Å². The number of nitrogens with zero attached hydrogens (tertiary/aromatic N) is 3. The van der Waals surface area contributed by atoms with E-state index in [9.17, 15) is 0 Å². The first kappa shape index (κ1) is 37.0. The second kappa shape index (κ2) is 13.7. The van der Waals surface area contributed by atoms with Crippen LogP contribution in [0.25, 0.3) is 148 Å². The summed E-state index contributed by atoms with van der Waals surface area (Å²) in [5, 5.41) is 17.8. The van der Waals surface area contributed by atoms with Crippen LogP contribution in [-0.2, 0) is 0 Å². The molecule has 16 rings (SSSR count). The Hall–Kier alpha value is -9.18. The van der Waals surface area contributed by atoms with Crippen LogP contribution in [0, 0.1) is 0 Å². The van der Waals surface area contributed by atoms with Crippen molar-refractivity contribution < 1.29 is 0 Å². The molecule has 16 aromatic rings. The maximum absolute atomic E-state index is 2.48. The Morgan fingerprint density at radius 2 is 0.580 bits per heavy atom. The van der Waals surface area contributed by atoms with Crippen molar-refractivity contribution in [3.63, 3.8) is 0 Å². The molecule has 0 bridgehead atoms. The van der Waals surface area contributed by atoms with Gasteiger partial charge in [-0.3, -0.25) is 0 Å². The van der Waals surface area contributed by atoms with Crippen molar-refractivity contribution in [3.8, 4) is 33.6 Å². The fourth-order valence-electron chi connectivity index (χ4n) is 12.3. The van der Waals surface area contributed by atoms with Gasteiger partial charge in [-0.05, 0) is 133 Å². The molecule has 0 saturated carbocycles. The van der Waals surface area contributed by atoms with Crippen molar-refractivity contribution in [2.45, 2.75) is 0 Å². The van der Waals surface area contributed by atoms with Gasteiger partial charge in [0, 0.05) is 54.5 Å². The van der Waals surface area contributed by atoms with Gasteiger partial charge < -0.3 is 13.5 Å². The molecule has 0 aliphatic carbocycles. The Balaban J connectivity index is 0.840. The van der Waals surface area contributed by atoms with Crippen molar-refractivity contribution in [1.29, 1.82) is 0 Å². The van der Waals surface area contributed by atoms with Gasteiger partial charge in [0.25, 0.3) is 0 Å². The number of para-hydroxylation sites is 5. The van der Waals surface area contributed by atoms with Gasteiger partial charge in [-0.15, -0.1) is 0 Å². The van der Waals surface area contributed by atoms with E-state index in [0.29, 0.717) is 0 Å². The third-order valence-corrected chi connectivity index (χ3v) is 15.3. The summed E-state index contributed by atoms with van der Waals surface area (Å²) in [4.78, 5) is 0. The number of benzene rings is 12. The van der Waals surface area contributed by atoms with E-state index < -0.39 is 0 Å². The quantitative estimate of drug-likeness (QED) is 0.156. The van der Waals surface area contributed by atoms with Gasteiger partial charge in [-0.1, -0.05) is 158 Å². The molecule has 0 saturated heterocycles. The molecule has 0 N–H and O–H groups in total. The molecule has 69 heavy (non-hydrogen) atoms. The first-order valence-electron chi connectivity index (χ1n) is 23.9. The molecule has 3 nitrogen and oxygen atoms in total. The van der Waals surface area contributed by atoms with Crippen LogP contribution >= 0.6 is 0 Å². The minimum absolute atomic E-state index is 1.16. The molecule has 4 aromatic heterocycles. The number of fused-ring (bicyclic) bond motifs is 18. The predicted molar refractivity (Wildman–Crippen MR) is 293 cm³/mol. The third kappa shape index (κ3) is 5.06. The Morgan fingerprint density at radius 1 is 0.188 bits per heavy atom. The molecule has 12 aromatic carbocycles. The standard InChI is InChI=1S/C66H39N3/c1-2-13-44(14-3-1)67-60-22-9-7-18-51(60)58-36-41(27-33-63(58)67)42-28-34-64-59(37-42)52-19-8-10-23-61(52)68(64)45-29-32-49-48-30-25-40(35-56(48)46-15-4-5-16-47(46)57(49)39-45)43-26-31-53-55-21-12-20-54-50-17-6-11-24-62(50)69(66(54)55)65(53)38-43/h1-39H. The summed E-state index contributed by atoms with van der Waals surface area (Å²) in [6.45, 7) is 0. The SMILES string of the molecule is c1ccc(-n2c3ccccc3c3cc(-c4ccc5c(c4)c4ccccc4n5-c4ccc5c6ccc(-c7ccc8c9cccc%10c%11ccccc%11n(c8c7)c%109)cc6c6ccccc6c5c4)ccc32)cc1. The van der Waals surface area contributed by atoms with E-state index in [-0.39, 0.29) is 0 Å². The molecular formula is C66H39N3. The van der Waals surface area contributed by atoms with E-state index in [1.807, 2.05) is 0 Å². The summed E-state index contributed by atoms with van der Waals surface area (Å²) < 4.78 is 7.32. The Morgan fingerprint density at radius 3 is 1.20 bits per heavy atom. The summed E-state index contributed by atoms with van der Waals surface area (Å²) >= 11 is 0. The summed E-state index contributed by atoms with van der Waals surface area (Å²) in [7, 11) is 0. The molecule has 0 radical (unpaired) electrons. The van der Waals surface area contributed by atoms with Crippen LogP contribution in [-0.4, -0.2) is 13.5 Å². The molecule has 0 atom stereocenters. The number of hydrogen-bond donors (Lipinski definition) is 0. The van der Waals surface area contributed by atoms with Crippen LogP contribution in [0.5, 0.6) is 0 Å². The Labute approximate surface area is 395 Å². The molecule has 0 fully saturated rings. The van der Waals surface area contributed by atoms with Crippen molar-refractivity contribution in [3.05, 3.63) is 237 Å². The average molecular weight is 874 g/mol. The van der Waals surface area contributed by atoms with Crippen LogP contribution in [0.2, 0.25) is 0 Å². The van der Waals surface area contributed by atoms with Gasteiger partial charge in [0.05, 0.1) is 38.6 Å². The molecule has 4 heterocycles. The van der Waals surface area contributed by atoms with Crippen molar-refractivity contribution in [2.24, 2.45) is 0 Å². The van der Waals surface area contributed by atoms with Gasteiger partial charge in [0.2, 0.25) is 0 Å². The summed E-state index contributed by atoms with van der Waals surface area (Å²) in [6.07, 6.45) is 0. The number of rotatable bonds is 4. The monoisotopic (exact) mass is 873 g/mol. The minimum atomic E-state index is 1.16. The van der Waals surface area contributed by atoms with Gasteiger partial charge in [-0.2, -0.15) is 0 Å². The Kier molecular flexibility index (Phi) is 7.34. The maximum Gasteiger partial charge on any atom is 0.0620 e. The molecule has 0 amide bonds. The summed E-state index contributed by atoms with van der Waals surface area (Å²) in [6, 6.07) is 88.0. The minimum Gasteiger partial charge on any atom is -0.309 e. The molecular weight excluding hydrogens is 835 g/mol. The lowest BCUT2D eigenvalue weighted by Gasteiger charge is -2.15. The lowest BCUT2D eigenvalue weighted by atomic mass is 9.91. The van der Waals surface area contributed by atoms with E-state index in [4.69, 9.17) is 0 Å². The molecule has 0 aliphatic rings. The van der Waals surface area contributed by atoms with Gasteiger partial charge >= 0.3 is 0 Å². The first-order valence-corrected chi connectivity index (χ1v) is 23.9. The van der Waals surface area contributed by atoms with E-state index in [1.165, 1.54) is 142 Å². The predicted octanol–water partition coefficient (Wildman–Crippen LogP) is 17.8. The highest BCUT2D eigenvalue weighted by Gasteiger charge is 2.20. The second-order valence-corrected chi connectivity index (χ2v) is 18.8. The summed E-state index contributed by atoms with van der Waals surface area (Å²) in [5.41, 5.74) is 15.8. The number of hydrogen-bond acceptors (Lipinski definition) is 0. The van der Waals surface area contributed by atoms with Crippen LogP contribution in [0.3, 0.4) is 0 Å². The van der Waals surface area contributed by atoms with Crippen LogP contribution < -0.4 is 0 Å². The van der Waals surface area contributed by atoms with Crippen LogP contribution in [0.15, 0.2) is 237 Å². The molecule has 3 heteroatoms. The van der Waals surface area contributed by atoms with E-state index >= 15 is 0 Å². The zero-order valence-electron chi connectivity index (χ0n) is 37.4.